The molecule has 200 valence electrons. The van der Waals surface area contributed by atoms with Gasteiger partial charge in [0.25, 0.3) is 0 Å². The Morgan fingerprint density at radius 2 is 1.94 bits per heavy atom. The highest BCUT2D eigenvalue weighted by Gasteiger charge is 2.44. The van der Waals surface area contributed by atoms with Gasteiger partial charge in [0.2, 0.25) is 0 Å². The molecule has 2 saturated heterocycles. The molecule has 35 heavy (non-hydrogen) atoms. The minimum absolute atomic E-state index is 0.0606. The van der Waals surface area contributed by atoms with Gasteiger partial charge in [0.1, 0.15) is 11.9 Å². The summed E-state index contributed by atoms with van der Waals surface area (Å²) in [4.78, 5) is 25.3. The summed E-state index contributed by atoms with van der Waals surface area (Å²) in [5.74, 6) is -0.779. The predicted octanol–water partition coefficient (Wildman–Crippen LogP) is 3.88. The largest absolute Gasteiger partial charge is 0.457 e. The normalized spacial score (nSPS) is 36.1. The summed E-state index contributed by atoms with van der Waals surface area (Å²) in [6.07, 6.45) is 6.66. The highest BCUT2D eigenvalue weighted by Crippen LogP contribution is 2.36. The average Bonchev–Trinajstić information content (AvgIpc) is 3.56. The number of ketones is 1. The van der Waals surface area contributed by atoms with Gasteiger partial charge >= 0.3 is 5.97 Å². The van der Waals surface area contributed by atoms with E-state index in [4.69, 9.17) is 9.47 Å². The van der Waals surface area contributed by atoms with Crippen molar-refractivity contribution < 1.29 is 34.4 Å². The van der Waals surface area contributed by atoms with Crippen molar-refractivity contribution in [1.82, 2.24) is 0 Å². The maximum atomic E-state index is 12.8. The molecule has 0 spiro atoms. The van der Waals surface area contributed by atoms with E-state index in [1.54, 1.807) is 13.8 Å². The van der Waals surface area contributed by atoms with E-state index in [0.29, 0.717) is 12.8 Å². The van der Waals surface area contributed by atoms with E-state index in [-0.39, 0.29) is 55.2 Å². The van der Waals surface area contributed by atoms with Crippen LogP contribution < -0.4 is 0 Å². The summed E-state index contributed by atoms with van der Waals surface area (Å²) in [7, 11) is 0. The third-order valence-electron chi connectivity index (χ3n) is 7.57. The molecule has 2 aliphatic heterocycles. The van der Waals surface area contributed by atoms with Crippen molar-refractivity contribution in [1.29, 1.82) is 0 Å². The standard InChI is InChI=1S/C28H46O7/c1-7-22(30)19(4)27-24(34-27)15-17(2)9-8-10-18(3)26-20(5)23(31)12-14-28(6,33)13-11-21(29)16-25(32)35-26/h8-10,17,19-22,24,26-27,29-30,33H,7,11-16H2,1-6H3. The number of carbonyl (C=O) groups is 2. The smallest absolute Gasteiger partial charge is 0.309 e. The first-order chi connectivity index (χ1) is 16.3. The van der Waals surface area contributed by atoms with Gasteiger partial charge < -0.3 is 24.8 Å². The summed E-state index contributed by atoms with van der Waals surface area (Å²) in [6, 6.07) is 0. The first kappa shape index (κ1) is 29.7. The Labute approximate surface area is 210 Å². The maximum Gasteiger partial charge on any atom is 0.309 e. The molecule has 9 unspecified atom stereocenters. The minimum Gasteiger partial charge on any atom is -0.457 e. The second kappa shape index (κ2) is 13.1. The van der Waals surface area contributed by atoms with E-state index < -0.39 is 29.7 Å². The predicted molar refractivity (Wildman–Crippen MR) is 135 cm³/mol. The molecular formula is C28H46O7. The first-order valence-corrected chi connectivity index (χ1v) is 13.2. The second-order valence-electron chi connectivity index (χ2n) is 11.0. The van der Waals surface area contributed by atoms with Crippen LogP contribution in [0.5, 0.6) is 0 Å². The van der Waals surface area contributed by atoms with Crippen molar-refractivity contribution in [3.05, 3.63) is 23.8 Å². The molecule has 7 nitrogen and oxygen atoms in total. The van der Waals surface area contributed by atoms with Crippen LogP contribution in [0.15, 0.2) is 23.8 Å². The zero-order chi connectivity index (χ0) is 26.3. The number of hydrogen-bond donors (Lipinski definition) is 3. The van der Waals surface area contributed by atoms with Crippen LogP contribution in [0.3, 0.4) is 0 Å². The zero-order valence-corrected chi connectivity index (χ0v) is 22.3. The van der Waals surface area contributed by atoms with E-state index in [1.807, 2.05) is 32.9 Å². The Morgan fingerprint density at radius 3 is 2.60 bits per heavy atom. The van der Waals surface area contributed by atoms with E-state index >= 15 is 0 Å². The van der Waals surface area contributed by atoms with Gasteiger partial charge in [-0.3, -0.25) is 9.59 Å². The maximum absolute atomic E-state index is 12.8. The third-order valence-corrected chi connectivity index (χ3v) is 7.57. The molecule has 3 N–H and O–H groups in total. The Morgan fingerprint density at radius 1 is 1.26 bits per heavy atom. The SMILES string of the molecule is CCC(O)C(C)C1OC1CC(C)C=CC=C(C)C1OC(=O)CC(O)CCC(C)(O)CCC(=O)C1C. The van der Waals surface area contributed by atoms with Crippen molar-refractivity contribution in [2.45, 2.75) is 123 Å². The van der Waals surface area contributed by atoms with Crippen molar-refractivity contribution in [3.8, 4) is 0 Å². The number of hydrogen-bond acceptors (Lipinski definition) is 7. The molecule has 0 saturated carbocycles. The van der Waals surface area contributed by atoms with Gasteiger partial charge in [0, 0.05) is 12.3 Å². The monoisotopic (exact) mass is 494 g/mol. The van der Waals surface area contributed by atoms with Gasteiger partial charge in [0.05, 0.1) is 42.4 Å². The quantitative estimate of drug-likeness (QED) is 0.266. The lowest BCUT2D eigenvalue weighted by atomic mass is 9.86. The van der Waals surface area contributed by atoms with Crippen LogP contribution in [0.4, 0.5) is 0 Å². The lowest BCUT2D eigenvalue weighted by Gasteiger charge is -2.29. The number of epoxide rings is 1. The minimum atomic E-state index is -1.06. The Bertz CT molecular complexity index is 771. The molecule has 0 aromatic carbocycles. The van der Waals surface area contributed by atoms with E-state index in [1.165, 1.54) is 0 Å². The fraction of sp³-hybridized carbons (Fsp3) is 0.786. The molecule has 2 fully saturated rings. The topological polar surface area (TPSA) is 117 Å². The molecule has 0 aromatic rings. The lowest BCUT2D eigenvalue weighted by Crippen LogP contribution is -2.35. The van der Waals surface area contributed by atoms with Gasteiger partial charge in [-0.15, -0.1) is 0 Å². The number of rotatable bonds is 8. The molecule has 0 radical (unpaired) electrons. The molecule has 0 aromatic heterocycles. The molecule has 2 aliphatic rings. The average molecular weight is 495 g/mol. The molecular weight excluding hydrogens is 448 g/mol. The number of allylic oxidation sites excluding steroid dienone is 3. The summed E-state index contributed by atoms with van der Waals surface area (Å²) >= 11 is 0. The third kappa shape index (κ3) is 9.45. The van der Waals surface area contributed by atoms with E-state index in [0.717, 1.165) is 18.4 Å². The van der Waals surface area contributed by atoms with Crippen molar-refractivity contribution in [3.63, 3.8) is 0 Å². The van der Waals surface area contributed by atoms with Crippen LogP contribution >= 0.6 is 0 Å². The first-order valence-electron chi connectivity index (χ1n) is 13.2. The second-order valence-corrected chi connectivity index (χ2v) is 11.0. The van der Waals surface area contributed by atoms with Crippen LogP contribution in [-0.4, -0.2) is 63.2 Å². The molecule has 0 aliphatic carbocycles. The van der Waals surface area contributed by atoms with Crippen LogP contribution in [0.25, 0.3) is 0 Å². The zero-order valence-electron chi connectivity index (χ0n) is 22.3. The van der Waals surface area contributed by atoms with Gasteiger partial charge in [-0.25, -0.2) is 0 Å². The van der Waals surface area contributed by atoms with Crippen LogP contribution in [-0.2, 0) is 19.1 Å². The summed E-state index contributed by atoms with van der Waals surface area (Å²) in [5.41, 5.74) is -0.309. The lowest BCUT2D eigenvalue weighted by molar-refractivity contribution is -0.153. The number of esters is 1. The van der Waals surface area contributed by atoms with Gasteiger partial charge in [0.15, 0.2) is 0 Å². The fourth-order valence-corrected chi connectivity index (χ4v) is 4.80. The number of Topliss-reactive ketones (excluding diaryl/α,β-unsaturated/α-hetero) is 1. The Hall–Kier alpha value is -1.54. The van der Waals surface area contributed by atoms with Gasteiger partial charge in [-0.05, 0) is 57.4 Å². The van der Waals surface area contributed by atoms with Gasteiger partial charge in [-0.1, -0.05) is 45.9 Å². The highest BCUT2D eigenvalue weighted by atomic mass is 16.6. The van der Waals surface area contributed by atoms with Crippen molar-refractivity contribution >= 4 is 11.8 Å². The fourth-order valence-electron chi connectivity index (χ4n) is 4.80. The van der Waals surface area contributed by atoms with Crippen LogP contribution in [0, 0.1) is 17.8 Å². The molecule has 0 bridgehead atoms. The number of cyclic esters (lactones) is 1. The van der Waals surface area contributed by atoms with Crippen molar-refractivity contribution in [2.75, 3.05) is 0 Å². The number of aliphatic hydroxyl groups excluding tert-OH is 2. The number of aliphatic hydroxyl groups is 3. The van der Waals surface area contributed by atoms with Crippen LogP contribution in [0.1, 0.15) is 86.5 Å². The van der Waals surface area contributed by atoms with E-state index in [9.17, 15) is 24.9 Å². The Kier molecular flexibility index (Phi) is 11.1. The number of ether oxygens (including phenoxy) is 2. The van der Waals surface area contributed by atoms with E-state index in [2.05, 4.69) is 13.0 Å². The highest BCUT2D eigenvalue weighted by molar-refractivity contribution is 5.82. The summed E-state index contributed by atoms with van der Waals surface area (Å²) < 4.78 is 11.4. The molecule has 0 amide bonds. The molecule has 2 rings (SSSR count). The Balaban J connectivity index is 2.02. The number of carbonyl (C=O) groups excluding carboxylic acids is 2. The molecule has 2 heterocycles. The van der Waals surface area contributed by atoms with Crippen LogP contribution in [0.2, 0.25) is 0 Å². The molecule has 9 atom stereocenters. The summed E-state index contributed by atoms with van der Waals surface area (Å²) in [5, 5.41) is 30.7. The molecule has 7 heteroatoms. The van der Waals surface area contributed by atoms with Gasteiger partial charge in [-0.2, -0.15) is 0 Å². The van der Waals surface area contributed by atoms with Crippen molar-refractivity contribution in [2.24, 2.45) is 17.8 Å². The summed E-state index contributed by atoms with van der Waals surface area (Å²) in [6.45, 7) is 11.4.